The average molecular weight is 554 g/mol. The van der Waals surface area contributed by atoms with Gasteiger partial charge in [-0.2, -0.15) is 0 Å². The van der Waals surface area contributed by atoms with Crippen molar-refractivity contribution >= 4 is 34.1 Å². The molecule has 5 rings (SSSR count). The summed E-state index contributed by atoms with van der Waals surface area (Å²) in [6.07, 6.45) is 0.640. The molecule has 2 atom stereocenters. The zero-order valence-corrected chi connectivity index (χ0v) is 22.8. The van der Waals surface area contributed by atoms with Crippen LogP contribution in [0.5, 0.6) is 5.75 Å². The van der Waals surface area contributed by atoms with E-state index in [4.69, 9.17) is 27.9 Å². The minimum Gasteiger partial charge on any atom is -0.492 e. The van der Waals surface area contributed by atoms with Gasteiger partial charge >= 0.3 is 0 Å². The number of likely N-dealkylation sites (tertiary alicyclic amines) is 1. The van der Waals surface area contributed by atoms with Crippen LogP contribution < -0.4 is 4.74 Å². The summed E-state index contributed by atoms with van der Waals surface area (Å²) in [5, 5.41) is 1.65. The number of ether oxygens (including phenoxy) is 1. The van der Waals surface area contributed by atoms with Crippen LogP contribution in [0.2, 0.25) is 10.0 Å². The molecular formula is C28H32Cl2F3N3O. The maximum Gasteiger partial charge on any atom is 0.123 e. The first-order chi connectivity index (χ1) is 17.5. The molecule has 200 valence electrons. The highest BCUT2D eigenvalue weighted by atomic mass is 35.5. The first-order valence-electron chi connectivity index (χ1n) is 12.7. The minimum atomic E-state index is -1.46. The quantitative estimate of drug-likeness (QED) is 0.326. The Morgan fingerprint density at radius 2 is 1.84 bits per heavy atom. The van der Waals surface area contributed by atoms with Crippen LogP contribution in [0.25, 0.3) is 10.9 Å². The molecule has 0 bridgehead atoms. The van der Waals surface area contributed by atoms with E-state index < -0.39 is 11.7 Å². The van der Waals surface area contributed by atoms with Crippen molar-refractivity contribution in [2.45, 2.75) is 44.9 Å². The normalized spacial score (nSPS) is 21.3. The molecule has 0 amide bonds. The summed E-state index contributed by atoms with van der Waals surface area (Å²) in [5.74, 6) is 0.368. The fraction of sp³-hybridized carbons (Fsp3) is 0.500. The molecule has 4 nitrogen and oxygen atoms in total. The number of fused-ring (bicyclic) bond motifs is 3. The molecule has 3 aromatic rings. The van der Waals surface area contributed by atoms with Crippen LogP contribution in [0.3, 0.4) is 0 Å². The molecule has 3 heterocycles. The summed E-state index contributed by atoms with van der Waals surface area (Å²) in [6, 6.07) is 7.68. The van der Waals surface area contributed by atoms with Crippen LogP contribution in [0.1, 0.15) is 43.6 Å². The molecule has 2 unspecified atom stereocenters. The van der Waals surface area contributed by atoms with Gasteiger partial charge in [-0.15, -0.1) is 0 Å². The van der Waals surface area contributed by atoms with Gasteiger partial charge in [-0.25, -0.2) is 8.78 Å². The fourth-order valence-electron chi connectivity index (χ4n) is 5.67. The molecule has 2 aromatic carbocycles. The molecule has 1 aromatic heterocycles. The molecule has 0 saturated carbocycles. The molecule has 0 aliphatic carbocycles. The van der Waals surface area contributed by atoms with Gasteiger partial charge in [-0.3, -0.25) is 14.2 Å². The molecule has 1 fully saturated rings. The van der Waals surface area contributed by atoms with Crippen LogP contribution in [-0.4, -0.2) is 66.0 Å². The SMILES string of the molecule is CC1Cc2c([nH]c3ccc(F)cc23)C(c2c(Cl)cc(OCCN3CC(CF)C3)cc2Cl)N1CC(C)(C)F. The molecule has 1 saturated heterocycles. The largest absolute Gasteiger partial charge is 0.492 e. The summed E-state index contributed by atoms with van der Waals surface area (Å²) in [5.41, 5.74) is 1.86. The Labute approximate surface area is 225 Å². The van der Waals surface area contributed by atoms with E-state index in [-0.39, 0.29) is 31.0 Å². The number of rotatable bonds is 8. The number of hydrogen-bond acceptors (Lipinski definition) is 3. The van der Waals surface area contributed by atoms with Crippen molar-refractivity contribution in [3.63, 3.8) is 0 Å². The number of benzene rings is 2. The third kappa shape index (κ3) is 5.47. The number of nitrogens with one attached hydrogen (secondary N) is 1. The summed E-state index contributed by atoms with van der Waals surface area (Å²) < 4.78 is 47.7. The zero-order chi connectivity index (χ0) is 26.5. The van der Waals surface area contributed by atoms with E-state index in [1.807, 2.05) is 6.92 Å². The smallest absolute Gasteiger partial charge is 0.123 e. The molecule has 0 spiro atoms. The lowest BCUT2D eigenvalue weighted by Gasteiger charge is -2.43. The van der Waals surface area contributed by atoms with Crippen molar-refractivity contribution < 1.29 is 17.9 Å². The van der Waals surface area contributed by atoms with E-state index >= 15 is 4.39 Å². The maximum atomic E-state index is 15.0. The van der Waals surface area contributed by atoms with Crippen LogP contribution in [0.4, 0.5) is 13.2 Å². The highest BCUT2D eigenvalue weighted by molar-refractivity contribution is 6.36. The van der Waals surface area contributed by atoms with Crippen molar-refractivity contribution in [1.82, 2.24) is 14.8 Å². The molecule has 0 radical (unpaired) electrons. The summed E-state index contributed by atoms with van der Waals surface area (Å²) in [6.45, 7) is 7.67. The number of hydrogen-bond donors (Lipinski definition) is 1. The standard InChI is InChI=1S/C28H32Cl2F3N3O/c1-16-8-21-20-9-18(32)4-5-24(20)34-26(21)27(36(16)15-28(2,3)33)25-22(29)10-19(11-23(25)30)37-7-6-35-13-17(12-31)14-35/h4-5,9-11,16-17,27,34H,6-8,12-15H2,1-3H3. The summed E-state index contributed by atoms with van der Waals surface area (Å²) >= 11 is 13.7. The van der Waals surface area contributed by atoms with Gasteiger partial charge in [0.05, 0.1) is 22.8 Å². The van der Waals surface area contributed by atoms with Gasteiger partial charge in [0.2, 0.25) is 0 Å². The number of halogens is 5. The van der Waals surface area contributed by atoms with Crippen molar-refractivity contribution in [3.8, 4) is 5.75 Å². The van der Waals surface area contributed by atoms with Crippen LogP contribution in [0.15, 0.2) is 30.3 Å². The molecule has 2 aliphatic heterocycles. The average Bonchev–Trinajstić information content (AvgIpc) is 3.13. The maximum absolute atomic E-state index is 15.0. The number of H-pyrrole nitrogens is 1. The topological polar surface area (TPSA) is 31.5 Å². The van der Waals surface area contributed by atoms with Crippen molar-refractivity contribution in [3.05, 3.63) is 63.0 Å². The number of alkyl halides is 2. The van der Waals surface area contributed by atoms with Gasteiger partial charge in [-0.05, 0) is 63.1 Å². The summed E-state index contributed by atoms with van der Waals surface area (Å²) in [7, 11) is 0. The Hall–Kier alpha value is -1.93. The van der Waals surface area contributed by atoms with E-state index in [9.17, 15) is 8.78 Å². The fourth-order valence-corrected chi connectivity index (χ4v) is 6.35. The molecule has 1 N–H and O–H groups in total. The predicted octanol–water partition coefficient (Wildman–Crippen LogP) is 6.98. The van der Waals surface area contributed by atoms with Gasteiger partial charge < -0.3 is 9.72 Å². The second-order valence-electron chi connectivity index (χ2n) is 11.0. The zero-order valence-electron chi connectivity index (χ0n) is 21.3. The van der Waals surface area contributed by atoms with Crippen molar-refractivity contribution in [2.75, 3.05) is 39.5 Å². The first-order valence-corrected chi connectivity index (χ1v) is 13.4. The van der Waals surface area contributed by atoms with Crippen molar-refractivity contribution in [1.29, 1.82) is 0 Å². The van der Waals surface area contributed by atoms with Crippen LogP contribution >= 0.6 is 23.2 Å². The Balaban J connectivity index is 1.48. The number of nitrogens with zero attached hydrogens (tertiary/aromatic N) is 2. The van der Waals surface area contributed by atoms with Gasteiger partial charge in [0.15, 0.2) is 0 Å². The Kier molecular flexibility index (Phi) is 7.44. The van der Waals surface area contributed by atoms with E-state index in [1.54, 1.807) is 32.0 Å². The van der Waals surface area contributed by atoms with Gasteiger partial charge in [0, 0.05) is 60.3 Å². The minimum absolute atomic E-state index is 0.0393. The first kappa shape index (κ1) is 26.7. The van der Waals surface area contributed by atoms with E-state index in [1.165, 1.54) is 12.1 Å². The molecular weight excluding hydrogens is 522 g/mol. The van der Waals surface area contributed by atoms with E-state index in [0.29, 0.717) is 40.9 Å². The molecule has 2 aliphatic rings. The highest BCUT2D eigenvalue weighted by Crippen LogP contribution is 2.46. The number of aromatic amines is 1. The monoisotopic (exact) mass is 553 g/mol. The van der Waals surface area contributed by atoms with Crippen LogP contribution in [0, 0.1) is 11.7 Å². The van der Waals surface area contributed by atoms with Gasteiger partial charge in [-0.1, -0.05) is 23.2 Å². The van der Waals surface area contributed by atoms with Crippen LogP contribution in [-0.2, 0) is 6.42 Å². The molecule has 9 heteroatoms. The van der Waals surface area contributed by atoms with Gasteiger partial charge in [0.25, 0.3) is 0 Å². The lowest BCUT2D eigenvalue weighted by Crippen LogP contribution is -2.49. The Bertz CT molecular complexity index is 1260. The summed E-state index contributed by atoms with van der Waals surface area (Å²) in [4.78, 5) is 7.67. The van der Waals surface area contributed by atoms with Gasteiger partial charge in [0.1, 0.15) is 23.8 Å². The second-order valence-corrected chi connectivity index (χ2v) is 11.8. The lowest BCUT2D eigenvalue weighted by molar-refractivity contribution is 0.0661. The third-order valence-electron chi connectivity index (χ3n) is 7.38. The predicted molar refractivity (Wildman–Crippen MR) is 143 cm³/mol. The number of aromatic nitrogens is 1. The van der Waals surface area contributed by atoms with E-state index in [2.05, 4.69) is 14.8 Å². The second kappa shape index (κ2) is 10.3. The van der Waals surface area contributed by atoms with Crippen molar-refractivity contribution in [2.24, 2.45) is 5.92 Å². The lowest BCUT2D eigenvalue weighted by atomic mass is 9.87. The Morgan fingerprint density at radius 1 is 1.14 bits per heavy atom. The van der Waals surface area contributed by atoms with E-state index in [0.717, 1.165) is 35.2 Å². The molecule has 37 heavy (non-hydrogen) atoms. The Morgan fingerprint density at radius 3 is 2.49 bits per heavy atom. The highest BCUT2D eigenvalue weighted by Gasteiger charge is 2.40. The third-order valence-corrected chi connectivity index (χ3v) is 8.01.